The third-order valence-corrected chi connectivity index (χ3v) is 6.48. The van der Waals surface area contributed by atoms with E-state index in [1.807, 2.05) is 0 Å². The highest BCUT2D eigenvalue weighted by molar-refractivity contribution is 7.71. The van der Waals surface area contributed by atoms with Gasteiger partial charge in [0.25, 0.3) is 11.5 Å². The summed E-state index contributed by atoms with van der Waals surface area (Å²) in [6, 6.07) is 8.84. The van der Waals surface area contributed by atoms with E-state index in [0.717, 1.165) is 12.8 Å². The van der Waals surface area contributed by atoms with Gasteiger partial charge < -0.3 is 14.7 Å². The van der Waals surface area contributed by atoms with E-state index in [0.29, 0.717) is 38.8 Å². The van der Waals surface area contributed by atoms with Gasteiger partial charge in [-0.05, 0) is 60.8 Å². The molecule has 6 nitrogen and oxygen atoms in total. The van der Waals surface area contributed by atoms with Crippen molar-refractivity contribution in [1.82, 2.24) is 14.9 Å². The number of fused-ring (bicyclic) bond motifs is 1. The van der Waals surface area contributed by atoms with Gasteiger partial charge >= 0.3 is 0 Å². The SMILES string of the molecule is CC1CCCC(NC(=O)c2ccc3c(=O)n(Cc4ccco4)c(=S)[nH]c3c2)C1C. The van der Waals surface area contributed by atoms with Gasteiger partial charge in [-0.3, -0.25) is 14.2 Å². The minimum atomic E-state index is -0.207. The summed E-state index contributed by atoms with van der Waals surface area (Å²) >= 11 is 5.37. The second kappa shape index (κ2) is 7.99. The molecular formula is C22H25N3O3S. The van der Waals surface area contributed by atoms with Crippen LogP contribution in [0.4, 0.5) is 0 Å². The number of aromatic nitrogens is 2. The van der Waals surface area contributed by atoms with E-state index in [2.05, 4.69) is 24.1 Å². The van der Waals surface area contributed by atoms with Gasteiger partial charge in [0.15, 0.2) is 4.77 Å². The highest BCUT2D eigenvalue weighted by atomic mass is 32.1. The molecule has 1 aliphatic rings. The maximum atomic E-state index is 12.9. The molecule has 0 spiro atoms. The first-order valence-electron chi connectivity index (χ1n) is 10.0. The van der Waals surface area contributed by atoms with Crippen molar-refractivity contribution in [2.24, 2.45) is 11.8 Å². The Bertz CT molecular complexity index is 1150. The number of benzene rings is 1. The largest absolute Gasteiger partial charge is 0.467 e. The lowest BCUT2D eigenvalue weighted by atomic mass is 9.78. The van der Waals surface area contributed by atoms with E-state index < -0.39 is 0 Å². The molecule has 1 fully saturated rings. The Morgan fingerprint density at radius 3 is 2.90 bits per heavy atom. The van der Waals surface area contributed by atoms with E-state index >= 15 is 0 Å². The molecule has 0 aliphatic heterocycles. The lowest BCUT2D eigenvalue weighted by Crippen LogP contribution is -2.43. The van der Waals surface area contributed by atoms with Crippen LogP contribution in [0.3, 0.4) is 0 Å². The Hall–Kier alpha value is -2.67. The summed E-state index contributed by atoms with van der Waals surface area (Å²) in [6.45, 7) is 4.71. The van der Waals surface area contributed by atoms with Gasteiger partial charge in [0.2, 0.25) is 0 Å². The van der Waals surface area contributed by atoms with Gasteiger partial charge in [-0.15, -0.1) is 0 Å². The van der Waals surface area contributed by atoms with Crippen molar-refractivity contribution in [1.29, 1.82) is 0 Å². The zero-order valence-corrected chi connectivity index (χ0v) is 17.4. The molecule has 1 aliphatic carbocycles. The molecule has 2 N–H and O–H groups in total. The molecule has 3 unspecified atom stereocenters. The van der Waals surface area contributed by atoms with E-state index in [4.69, 9.17) is 16.6 Å². The lowest BCUT2D eigenvalue weighted by molar-refractivity contribution is 0.0891. The third-order valence-electron chi connectivity index (χ3n) is 6.16. The van der Waals surface area contributed by atoms with Crippen LogP contribution in [0.15, 0.2) is 45.8 Å². The summed E-state index contributed by atoms with van der Waals surface area (Å²) < 4.78 is 7.08. The maximum absolute atomic E-state index is 12.9. The number of furan rings is 1. The number of carbonyl (C=O) groups is 1. The molecule has 1 aromatic carbocycles. The van der Waals surface area contributed by atoms with Gasteiger partial charge in [0.1, 0.15) is 5.76 Å². The molecule has 152 valence electrons. The van der Waals surface area contributed by atoms with Crippen LogP contribution in [0.25, 0.3) is 10.9 Å². The molecule has 1 amide bonds. The third kappa shape index (κ3) is 3.92. The van der Waals surface area contributed by atoms with Crippen LogP contribution < -0.4 is 10.9 Å². The van der Waals surface area contributed by atoms with Crippen molar-refractivity contribution >= 4 is 29.0 Å². The quantitative estimate of drug-likeness (QED) is 0.629. The van der Waals surface area contributed by atoms with Crippen molar-refractivity contribution in [3.05, 3.63) is 63.0 Å². The second-order valence-corrected chi connectivity index (χ2v) is 8.40. The van der Waals surface area contributed by atoms with Crippen LogP contribution in [-0.2, 0) is 6.54 Å². The van der Waals surface area contributed by atoms with Gasteiger partial charge in [0.05, 0.1) is 23.7 Å². The van der Waals surface area contributed by atoms with Gasteiger partial charge in [-0.1, -0.05) is 26.7 Å². The first-order chi connectivity index (χ1) is 13.9. The molecule has 2 heterocycles. The summed E-state index contributed by atoms with van der Waals surface area (Å²) in [5, 5.41) is 3.66. The average Bonchev–Trinajstić information content (AvgIpc) is 3.21. The number of hydrogen-bond donors (Lipinski definition) is 2. The fraction of sp³-hybridized carbons (Fsp3) is 0.409. The van der Waals surface area contributed by atoms with Crippen LogP contribution in [0.1, 0.15) is 49.2 Å². The monoisotopic (exact) mass is 411 g/mol. The molecule has 2 aromatic heterocycles. The van der Waals surface area contributed by atoms with Crippen molar-refractivity contribution in [2.75, 3.05) is 0 Å². The smallest absolute Gasteiger partial charge is 0.262 e. The normalized spacial score (nSPS) is 21.9. The number of H-pyrrole nitrogens is 1. The zero-order chi connectivity index (χ0) is 20.5. The molecule has 29 heavy (non-hydrogen) atoms. The maximum Gasteiger partial charge on any atom is 0.262 e. The summed E-state index contributed by atoms with van der Waals surface area (Å²) in [6.07, 6.45) is 4.92. The van der Waals surface area contributed by atoms with Crippen LogP contribution in [-0.4, -0.2) is 21.5 Å². The topological polar surface area (TPSA) is 80.0 Å². The number of rotatable bonds is 4. The van der Waals surface area contributed by atoms with Crippen LogP contribution >= 0.6 is 12.2 Å². The number of amides is 1. The first-order valence-corrected chi connectivity index (χ1v) is 10.4. The average molecular weight is 412 g/mol. The molecule has 0 bridgehead atoms. The number of nitrogens with one attached hydrogen (secondary N) is 2. The Kier molecular flexibility index (Phi) is 5.41. The molecular weight excluding hydrogens is 386 g/mol. The Morgan fingerprint density at radius 2 is 2.14 bits per heavy atom. The molecule has 3 aromatic rings. The zero-order valence-electron chi connectivity index (χ0n) is 16.6. The van der Waals surface area contributed by atoms with Crippen molar-refractivity contribution in [2.45, 2.75) is 45.7 Å². The Balaban J connectivity index is 1.62. The highest BCUT2D eigenvalue weighted by Gasteiger charge is 2.28. The predicted octanol–water partition coefficient (Wildman–Crippen LogP) is 4.25. The lowest BCUT2D eigenvalue weighted by Gasteiger charge is -2.34. The summed E-state index contributed by atoms with van der Waals surface area (Å²) in [5.74, 6) is 1.59. The second-order valence-electron chi connectivity index (χ2n) is 8.01. The van der Waals surface area contributed by atoms with Crippen LogP contribution in [0.5, 0.6) is 0 Å². The van der Waals surface area contributed by atoms with Gasteiger partial charge in [-0.25, -0.2) is 0 Å². The Labute approximate surface area is 173 Å². The van der Waals surface area contributed by atoms with E-state index in [1.165, 1.54) is 11.0 Å². The summed E-state index contributed by atoms with van der Waals surface area (Å²) in [4.78, 5) is 28.8. The van der Waals surface area contributed by atoms with E-state index in [-0.39, 0.29) is 24.1 Å². The summed E-state index contributed by atoms with van der Waals surface area (Å²) in [5.41, 5.74) is 0.881. The van der Waals surface area contributed by atoms with Gasteiger partial charge in [0, 0.05) is 11.6 Å². The van der Waals surface area contributed by atoms with Crippen LogP contribution in [0.2, 0.25) is 0 Å². The molecule has 3 atom stereocenters. The number of aromatic amines is 1. The predicted molar refractivity (Wildman–Crippen MR) is 115 cm³/mol. The molecule has 7 heteroatoms. The molecule has 4 rings (SSSR count). The summed E-state index contributed by atoms with van der Waals surface area (Å²) in [7, 11) is 0. The van der Waals surface area contributed by atoms with Crippen molar-refractivity contribution < 1.29 is 9.21 Å². The minimum absolute atomic E-state index is 0.114. The molecule has 0 radical (unpaired) electrons. The fourth-order valence-corrected chi connectivity index (χ4v) is 4.39. The molecule has 0 saturated heterocycles. The Morgan fingerprint density at radius 1 is 1.31 bits per heavy atom. The van der Waals surface area contributed by atoms with Crippen molar-refractivity contribution in [3.63, 3.8) is 0 Å². The van der Waals surface area contributed by atoms with E-state index in [9.17, 15) is 9.59 Å². The highest BCUT2D eigenvalue weighted by Crippen LogP contribution is 2.29. The van der Waals surface area contributed by atoms with E-state index in [1.54, 1.807) is 36.6 Å². The number of hydrogen-bond acceptors (Lipinski definition) is 4. The minimum Gasteiger partial charge on any atom is -0.467 e. The molecule has 1 saturated carbocycles. The van der Waals surface area contributed by atoms with Crippen LogP contribution in [0, 0.1) is 16.6 Å². The number of nitrogens with zero attached hydrogens (tertiary/aromatic N) is 1. The van der Waals surface area contributed by atoms with Gasteiger partial charge in [-0.2, -0.15) is 0 Å². The van der Waals surface area contributed by atoms with Crippen molar-refractivity contribution in [3.8, 4) is 0 Å². The fourth-order valence-electron chi connectivity index (χ4n) is 4.14. The number of carbonyl (C=O) groups excluding carboxylic acids is 1. The first kappa shape index (κ1) is 19.6. The standard InChI is InChI=1S/C22H25N3O3S/c1-13-5-3-7-18(14(13)2)23-20(26)15-8-9-17-19(11-15)24-22(29)25(21(17)27)12-16-6-4-10-28-16/h4,6,8-11,13-14,18H,3,5,7,12H2,1-2H3,(H,23,26)(H,24,29).